The number of carbonyl (C=O) groups is 1. The monoisotopic (exact) mass is 332 g/mol. The summed E-state index contributed by atoms with van der Waals surface area (Å²) in [5, 5.41) is 0. The number of anilines is 1. The van der Waals surface area contributed by atoms with Crippen molar-refractivity contribution in [2.45, 2.75) is 13.5 Å². The van der Waals surface area contributed by atoms with E-state index in [-0.39, 0.29) is 5.91 Å². The van der Waals surface area contributed by atoms with Crippen molar-refractivity contribution in [1.29, 1.82) is 0 Å². The molecule has 2 aromatic carbocycles. The highest BCUT2D eigenvalue weighted by molar-refractivity contribution is 9.10. The molecule has 0 atom stereocenters. The topological polar surface area (TPSA) is 46.3 Å². The van der Waals surface area contributed by atoms with Gasteiger partial charge in [-0.2, -0.15) is 0 Å². The van der Waals surface area contributed by atoms with Gasteiger partial charge in [-0.3, -0.25) is 4.79 Å². The number of nitrogens with two attached hydrogens (primary N) is 1. The number of nitrogen functional groups attached to an aromatic ring is 1. The number of aryl methyl sites for hydroxylation is 1. The molecule has 0 unspecified atom stereocenters. The van der Waals surface area contributed by atoms with Crippen LogP contribution in [0.15, 0.2) is 46.9 Å². The summed E-state index contributed by atoms with van der Waals surface area (Å²) in [7, 11) is 1.78. The predicted molar refractivity (Wildman–Crippen MR) is 85.5 cm³/mol. The van der Waals surface area contributed by atoms with E-state index in [2.05, 4.69) is 15.9 Å². The minimum atomic E-state index is -0.0242. The normalized spacial score (nSPS) is 10.3. The fourth-order valence-electron chi connectivity index (χ4n) is 2.02. The average molecular weight is 333 g/mol. The fourth-order valence-corrected chi connectivity index (χ4v) is 2.46. The van der Waals surface area contributed by atoms with Crippen molar-refractivity contribution in [3.05, 3.63) is 63.6 Å². The Morgan fingerprint density at radius 2 is 1.90 bits per heavy atom. The van der Waals surface area contributed by atoms with Crippen molar-refractivity contribution in [2.24, 2.45) is 0 Å². The Labute approximate surface area is 127 Å². The summed E-state index contributed by atoms with van der Waals surface area (Å²) in [4.78, 5) is 14.2. The Morgan fingerprint density at radius 1 is 1.20 bits per heavy atom. The molecular weight excluding hydrogens is 316 g/mol. The summed E-state index contributed by atoms with van der Waals surface area (Å²) in [6.45, 7) is 2.46. The molecule has 0 radical (unpaired) electrons. The summed E-state index contributed by atoms with van der Waals surface area (Å²) in [6, 6.07) is 13.3. The second-order valence-electron chi connectivity index (χ2n) is 4.80. The zero-order valence-corrected chi connectivity index (χ0v) is 13.1. The number of carbonyl (C=O) groups excluding carboxylic acids is 1. The second-order valence-corrected chi connectivity index (χ2v) is 5.59. The molecule has 0 bridgehead atoms. The first-order valence-corrected chi connectivity index (χ1v) is 7.14. The lowest BCUT2D eigenvalue weighted by atomic mass is 10.1. The van der Waals surface area contributed by atoms with E-state index in [9.17, 15) is 4.79 Å². The van der Waals surface area contributed by atoms with Crippen molar-refractivity contribution < 1.29 is 4.79 Å². The van der Waals surface area contributed by atoms with Gasteiger partial charge in [0, 0.05) is 23.8 Å². The largest absolute Gasteiger partial charge is 0.398 e. The molecule has 20 heavy (non-hydrogen) atoms. The first-order chi connectivity index (χ1) is 9.50. The van der Waals surface area contributed by atoms with Gasteiger partial charge in [0.25, 0.3) is 5.91 Å². The summed E-state index contributed by atoms with van der Waals surface area (Å²) < 4.78 is 0.845. The maximum absolute atomic E-state index is 12.5. The fraction of sp³-hybridized carbons (Fsp3) is 0.188. The Bertz CT molecular complexity index is 640. The van der Waals surface area contributed by atoms with Gasteiger partial charge >= 0.3 is 0 Å². The van der Waals surface area contributed by atoms with Crippen LogP contribution >= 0.6 is 15.9 Å². The SMILES string of the molecule is Cc1cccc(C(=O)N(C)Cc2ccccc2N)c1Br. The maximum atomic E-state index is 12.5. The van der Waals surface area contributed by atoms with Crippen LogP contribution in [-0.2, 0) is 6.54 Å². The van der Waals surface area contributed by atoms with E-state index < -0.39 is 0 Å². The third kappa shape index (κ3) is 3.02. The first-order valence-electron chi connectivity index (χ1n) is 6.34. The van der Waals surface area contributed by atoms with Crippen LogP contribution in [0, 0.1) is 6.92 Å². The number of benzene rings is 2. The highest BCUT2D eigenvalue weighted by Crippen LogP contribution is 2.23. The van der Waals surface area contributed by atoms with Crippen LogP contribution in [0.3, 0.4) is 0 Å². The minimum absolute atomic E-state index is 0.0242. The zero-order chi connectivity index (χ0) is 14.7. The van der Waals surface area contributed by atoms with Gasteiger partial charge in [0.15, 0.2) is 0 Å². The van der Waals surface area contributed by atoms with Crippen LogP contribution in [0.4, 0.5) is 5.69 Å². The Hall–Kier alpha value is -1.81. The lowest BCUT2D eigenvalue weighted by Gasteiger charge is -2.19. The van der Waals surface area contributed by atoms with Crippen molar-refractivity contribution in [1.82, 2.24) is 4.90 Å². The molecule has 3 nitrogen and oxygen atoms in total. The maximum Gasteiger partial charge on any atom is 0.255 e. The Balaban J connectivity index is 2.21. The molecule has 0 saturated heterocycles. The van der Waals surface area contributed by atoms with Crippen molar-refractivity contribution in [3.63, 3.8) is 0 Å². The third-order valence-electron chi connectivity index (χ3n) is 3.23. The zero-order valence-electron chi connectivity index (χ0n) is 11.6. The van der Waals surface area contributed by atoms with Gasteiger partial charge in [0.2, 0.25) is 0 Å². The molecule has 0 heterocycles. The van der Waals surface area contributed by atoms with E-state index in [1.165, 1.54) is 0 Å². The van der Waals surface area contributed by atoms with Crippen molar-refractivity contribution >= 4 is 27.5 Å². The molecular formula is C16H17BrN2O. The number of halogens is 1. The van der Waals surface area contributed by atoms with E-state index in [4.69, 9.17) is 5.73 Å². The van der Waals surface area contributed by atoms with Gasteiger partial charge in [-0.05, 0) is 46.1 Å². The number of nitrogens with zero attached hydrogens (tertiary/aromatic N) is 1. The molecule has 0 aromatic heterocycles. The van der Waals surface area contributed by atoms with E-state index in [1.54, 1.807) is 11.9 Å². The Morgan fingerprint density at radius 3 is 2.60 bits per heavy atom. The number of rotatable bonds is 3. The minimum Gasteiger partial charge on any atom is -0.398 e. The highest BCUT2D eigenvalue weighted by atomic mass is 79.9. The summed E-state index contributed by atoms with van der Waals surface area (Å²) >= 11 is 3.48. The van der Waals surface area contributed by atoms with E-state index >= 15 is 0 Å². The van der Waals surface area contributed by atoms with E-state index in [1.807, 2.05) is 49.4 Å². The molecule has 2 rings (SSSR count). The van der Waals surface area contributed by atoms with Gasteiger partial charge in [-0.1, -0.05) is 30.3 Å². The molecule has 2 aromatic rings. The third-order valence-corrected chi connectivity index (χ3v) is 4.28. The van der Waals surface area contributed by atoms with Gasteiger partial charge in [0.1, 0.15) is 0 Å². The molecule has 2 N–H and O–H groups in total. The number of para-hydroxylation sites is 1. The molecule has 0 aliphatic heterocycles. The van der Waals surface area contributed by atoms with Gasteiger partial charge in [-0.25, -0.2) is 0 Å². The molecule has 0 spiro atoms. The molecule has 0 saturated carbocycles. The summed E-state index contributed by atoms with van der Waals surface area (Å²) in [5.41, 5.74) is 9.28. The van der Waals surface area contributed by atoms with Crippen molar-refractivity contribution in [2.75, 3.05) is 12.8 Å². The average Bonchev–Trinajstić information content (AvgIpc) is 2.43. The molecule has 4 heteroatoms. The summed E-state index contributed by atoms with van der Waals surface area (Å²) in [5.74, 6) is -0.0242. The van der Waals surface area contributed by atoms with Crippen LogP contribution in [0.25, 0.3) is 0 Å². The molecule has 104 valence electrons. The van der Waals surface area contributed by atoms with Gasteiger partial charge in [-0.15, -0.1) is 0 Å². The van der Waals surface area contributed by atoms with Crippen LogP contribution in [-0.4, -0.2) is 17.9 Å². The highest BCUT2D eigenvalue weighted by Gasteiger charge is 2.16. The first kappa shape index (κ1) is 14.6. The van der Waals surface area contributed by atoms with Crippen LogP contribution in [0.1, 0.15) is 21.5 Å². The van der Waals surface area contributed by atoms with E-state index in [0.717, 1.165) is 15.6 Å². The Kier molecular flexibility index (Phi) is 4.45. The van der Waals surface area contributed by atoms with Crippen molar-refractivity contribution in [3.8, 4) is 0 Å². The molecule has 0 aliphatic rings. The van der Waals surface area contributed by atoms with Gasteiger partial charge < -0.3 is 10.6 Å². The standard InChI is InChI=1S/C16H17BrN2O/c1-11-6-5-8-13(15(11)17)16(20)19(2)10-12-7-3-4-9-14(12)18/h3-9H,10,18H2,1-2H3. The lowest BCUT2D eigenvalue weighted by Crippen LogP contribution is -2.27. The number of amides is 1. The second kappa shape index (κ2) is 6.09. The number of hydrogen-bond donors (Lipinski definition) is 1. The number of hydrogen-bond acceptors (Lipinski definition) is 2. The van der Waals surface area contributed by atoms with Crippen LogP contribution in [0.5, 0.6) is 0 Å². The predicted octanol–water partition coefficient (Wildman–Crippen LogP) is 3.61. The van der Waals surface area contributed by atoms with Crippen LogP contribution < -0.4 is 5.73 Å². The molecule has 0 aliphatic carbocycles. The smallest absolute Gasteiger partial charge is 0.255 e. The molecule has 0 fully saturated rings. The van der Waals surface area contributed by atoms with Crippen LogP contribution in [0.2, 0.25) is 0 Å². The lowest BCUT2D eigenvalue weighted by molar-refractivity contribution is 0.0784. The quantitative estimate of drug-likeness (QED) is 0.872. The van der Waals surface area contributed by atoms with Gasteiger partial charge in [0.05, 0.1) is 5.56 Å². The summed E-state index contributed by atoms with van der Waals surface area (Å²) in [6.07, 6.45) is 0. The molecule has 1 amide bonds. The van der Waals surface area contributed by atoms with E-state index in [0.29, 0.717) is 17.8 Å².